The van der Waals surface area contributed by atoms with Crippen LogP contribution in [0.4, 0.5) is 0 Å². The number of hydrogen-bond donors (Lipinski definition) is 0. The number of unbranched alkanes of at least 4 members (excludes halogenated alkanes) is 17. The van der Waals surface area contributed by atoms with Crippen LogP contribution in [0.15, 0.2) is 0 Å². The van der Waals surface area contributed by atoms with E-state index in [1.165, 1.54) is 140 Å². The van der Waals surface area contributed by atoms with Crippen LogP contribution in [-0.4, -0.2) is 44.4 Å². The van der Waals surface area contributed by atoms with Crippen LogP contribution in [0.3, 0.4) is 0 Å². The van der Waals surface area contributed by atoms with Gasteiger partial charge in [-0.05, 0) is 63.2 Å². The molecule has 6 heteroatoms. The molecule has 0 aromatic heterocycles. The van der Waals surface area contributed by atoms with Gasteiger partial charge >= 0.3 is 0 Å². The van der Waals surface area contributed by atoms with Crippen molar-refractivity contribution in [1.29, 1.82) is 0 Å². The molecular formula is C41H88NO4P. The van der Waals surface area contributed by atoms with Crippen LogP contribution >= 0.6 is 7.82 Å². The first-order chi connectivity index (χ1) is 22.7. The van der Waals surface area contributed by atoms with Crippen molar-refractivity contribution in [3.8, 4) is 0 Å². The van der Waals surface area contributed by atoms with E-state index in [1.807, 2.05) is 0 Å². The Morgan fingerprint density at radius 2 is 0.745 bits per heavy atom. The van der Waals surface area contributed by atoms with Crippen LogP contribution in [-0.2, 0) is 13.6 Å². The predicted octanol–water partition coefficient (Wildman–Crippen LogP) is 13.4. The summed E-state index contributed by atoms with van der Waals surface area (Å²) >= 11 is 0. The SMILES string of the molecule is CCCCC(CC)COP(=O)([O-])OCC(CC)CCCC.CCCCCCCC[N+](C)(CCCCCCCC)CCCCCCCC. The molecule has 0 bridgehead atoms. The maximum absolute atomic E-state index is 11.8. The third-order valence-corrected chi connectivity index (χ3v) is 11.1. The monoisotopic (exact) mass is 690 g/mol. The van der Waals surface area contributed by atoms with E-state index in [1.54, 1.807) is 0 Å². The Labute approximate surface area is 297 Å². The van der Waals surface area contributed by atoms with Gasteiger partial charge in [0.2, 0.25) is 0 Å². The number of quaternary nitrogens is 1. The van der Waals surface area contributed by atoms with Crippen LogP contribution in [0.1, 0.15) is 215 Å². The molecule has 0 saturated heterocycles. The Bertz CT molecular complexity index is 597. The molecule has 0 saturated carbocycles. The standard InChI is InChI=1S/C25H54N.C16H35O4P/c1-5-8-11-14-17-20-23-26(4,24-21-18-15-12-9-6-2)25-22-19-16-13-10-7-3;1-5-9-11-15(7-3)13-19-21(17,18)20-14-16(8-4)12-10-6-2/h5-25H2,1-4H3;15-16H,5-14H2,1-4H3,(H,17,18)/q+1;/p-1. The molecule has 0 aliphatic rings. The van der Waals surface area contributed by atoms with Crippen molar-refractivity contribution in [3.05, 3.63) is 0 Å². The first kappa shape index (κ1) is 49.2. The highest BCUT2D eigenvalue weighted by Gasteiger charge is 2.20. The Morgan fingerprint density at radius 3 is 1.02 bits per heavy atom. The highest BCUT2D eigenvalue weighted by atomic mass is 31.2. The number of phosphoric acid groups is 1. The highest BCUT2D eigenvalue weighted by molar-refractivity contribution is 7.45. The average Bonchev–Trinajstić information content (AvgIpc) is 3.06. The van der Waals surface area contributed by atoms with E-state index in [4.69, 9.17) is 9.05 Å². The van der Waals surface area contributed by atoms with Gasteiger partial charge in [-0.15, -0.1) is 0 Å². The first-order valence-corrected chi connectivity index (χ1v) is 22.6. The fourth-order valence-corrected chi connectivity index (χ4v) is 7.25. The molecule has 2 unspecified atom stereocenters. The molecule has 0 amide bonds. The van der Waals surface area contributed by atoms with E-state index in [0.29, 0.717) is 11.8 Å². The van der Waals surface area contributed by atoms with Crippen molar-refractivity contribution in [2.75, 3.05) is 39.9 Å². The van der Waals surface area contributed by atoms with E-state index in [-0.39, 0.29) is 13.2 Å². The second kappa shape index (κ2) is 35.9. The summed E-state index contributed by atoms with van der Waals surface area (Å²) < 4.78 is 23.3. The van der Waals surface area contributed by atoms with E-state index in [2.05, 4.69) is 55.5 Å². The van der Waals surface area contributed by atoms with Gasteiger partial charge < -0.3 is 18.4 Å². The molecule has 0 N–H and O–H groups in total. The smallest absolute Gasteiger partial charge is 0.267 e. The fourth-order valence-electron chi connectivity index (χ4n) is 6.38. The second-order valence-electron chi connectivity index (χ2n) is 15.0. The first-order valence-electron chi connectivity index (χ1n) is 21.1. The molecular weight excluding hydrogens is 601 g/mol. The topological polar surface area (TPSA) is 58.6 Å². The van der Waals surface area contributed by atoms with Gasteiger partial charge in [-0.25, -0.2) is 0 Å². The number of phosphoric ester groups is 1. The van der Waals surface area contributed by atoms with Crippen molar-refractivity contribution in [3.63, 3.8) is 0 Å². The van der Waals surface area contributed by atoms with E-state index >= 15 is 0 Å². The summed E-state index contributed by atoms with van der Waals surface area (Å²) in [7, 11) is -1.58. The number of hydrogen-bond acceptors (Lipinski definition) is 4. The van der Waals surface area contributed by atoms with Gasteiger partial charge in [0.05, 0.1) is 39.9 Å². The summed E-state index contributed by atoms with van der Waals surface area (Å²) in [6.45, 7) is 20.1. The lowest BCUT2D eigenvalue weighted by molar-refractivity contribution is -0.910. The Kier molecular flexibility index (Phi) is 37.5. The van der Waals surface area contributed by atoms with Gasteiger partial charge in [0, 0.05) is 0 Å². The number of nitrogens with zero attached hydrogens (tertiary/aromatic N) is 1. The van der Waals surface area contributed by atoms with Crippen molar-refractivity contribution in [2.45, 2.75) is 215 Å². The molecule has 0 aromatic carbocycles. The number of rotatable bonds is 35. The molecule has 0 heterocycles. The third kappa shape index (κ3) is 34.3. The largest absolute Gasteiger partial charge is 0.756 e. The molecule has 0 fully saturated rings. The molecule has 0 radical (unpaired) electrons. The van der Waals surface area contributed by atoms with Gasteiger partial charge in [-0.3, -0.25) is 4.57 Å². The van der Waals surface area contributed by atoms with Crippen LogP contribution in [0, 0.1) is 11.8 Å². The lowest BCUT2D eigenvalue weighted by Crippen LogP contribution is -2.46. The quantitative estimate of drug-likeness (QED) is 0.0377. The molecule has 286 valence electrons. The zero-order valence-corrected chi connectivity index (χ0v) is 34.5. The minimum absolute atomic E-state index is 0.253. The Morgan fingerprint density at radius 1 is 0.468 bits per heavy atom. The summed E-state index contributed by atoms with van der Waals surface area (Å²) in [4.78, 5) is 11.8. The molecule has 5 nitrogen and oxygen atoms in total. The summed E-state index contributed by atoms with van der Waals surface area (Å²) in [5.74, 6) is 0.607. The van der Waals surface area contributed by atoms with Crippen molar-refractivity contribution < 1.29 is 23.0 Å². The Balaban J connectivity index is 0. The zero-order valence-electron chi connectivity index (χ0n) is 33.6. The summed E-state index contributed by atoms with van der Waals surface area (Å²) in [5, 5.41) is 0. The predicted molar refractivity (Wildman–Crippen MR) is 207 cm³/mol. The zero-order chi connectivity index (χ0) is 35.5. The van der Waals surface area contributed by atoms with Crippen LogP contribution in [0.5, 0.6) is 0 Å². The highest BCUT2D eigenvalue weighted by Crippen LogP contribution is 2.40. The van der Waals surface area contributed by atoms with Crippen molar-refractivity contribution >= 4 is 7.82 Å². The molecule has 47 heavy (non-hydrogen) atoms. The lowest BCUT2D eigenvalue weighted by atomic mass is 10.0. The molecule has 0 aliphatic carbocycles. The molecule has 0 aliphatic heterocycles. The van der Waals surface area contributed by atoms with Gasteiger partial charge in [0.25, 0.3) is 7.82 Å². The van der Waals surface area contributed by atoms with Crippen molar-refractivity contribution in [1.82, 2.24) is 0 Å². The van der Waals surface area contributed by atoms with Crippen LogP contribution in [0.2, 0.25) is 0 Å². The maximum atomic E-state index is 11.8. The summed E-state index contributed by atoms with van der Waals surface area (Å²) in [6, 6.07) is 0. The maximum Gasteiger partial charge on any atom is 0.267 e. The lowest BCUT2D eigenvalue weighted by Gasteiger charge is -2.35. The van der Waals surface area contributed by atoms with Gasteiger partial charge in [0.15, 0.2) is 0 Å². The molecule has 2 atom stereocenters. The van der Waals surface area contributed by atoms with Crippen molar-refractivity contribution in [2.24, 2.45) is 11.8 Å². The Hall–Kier alpha value is 0.0700. The second-order valence-corrected chi connectivity index (χ2v) is 16.4. The summed E-state index contributed by atoms with van der Waals surface area (Å²) in [6.07, 6.45) is 34.2. The van der Waals surface area contributed by atoms with Crippen LogP contribution in [0.25, 0.3) is 0 Å². The van der Waals surface area contributed by atoms with E-state index < -0.39 is 7.82 Å². The minimum atomic E-state index is -4.14. The van der Waals surface area contributed by atoms with E-state index in [0.717, 1.165) is 51.4 Å². The summed E-state index contributed by atoms with van der Waals surface area (Å²) in [5.41, 5.74) is 0. The minimum Gasteiger partial charge on any atom is -0.756 e. The van der Waals surface area contributed by atoms with Crippen LogP contribution < -0.4 is 4.89 Å². The van der Waals surface area contributed by atoms with Gasteiger partial charge in [-0.2, -0.15) is 0 Å². The van der Waals surface area contributed by atoms with E-state index in [9.17, 15) is 9.46 Å². The molecule has 0 aromatic rings. The average molecular weight is 690 g/mol. The van der Waals surface area contributed by atoms with Gasteiger partial charge in [-0.1, -0.05) is 164 Å². The normalized spacial score (nSPS) is 14.4. The fraction of sp³-hybridized carbons (Fsp3) is 1.00. The third-order valence-electron chi connectivity index (χ3n) is 10.2. The van der Waals surface area contributed by atoms with Gasteiger partial charge in [0.1, 0.15) is 0 Å². The molecule has 0 spiro atoms. The molecule has 0 rings (SSSR count).